The summed E-state index contributed by atoms with van der Waals surface area (Å²) >= 11 is 0. The van der Waals surface area contributed by atoms with Gasteiger partial charge in [-0.1, -0.05) is 12.1 Å². The first kappa shape index (κ1) is 15.9. The van der Waals surface area contributed by atoms with Gasteiger partial charge in [0.25, 0.3) is 11.2 Å². The largest absolute Gasteiger partial charge is 0.494 e. The van der Waals surface area contributed by atoms with Crippen molar-refractivity contribution < 1.29 is 19.9 Å². The molecule has 0 unspecified atom stereocenters. The summed E-state index contributed by atoms with van der Waals surface area (Å²) in [5, 5.41) is 29.2. The average Bonchev–Trinajstić information content (AvgIpc) is 2.48. The van der Waals surface area contributed by atoms with Crippen LogP contribution >= 0.6 is 0 Å². The molecule has 10 heteroatoms. The quantitative estimate of drug-likeness (QED) is 0.571. The number of benzene rings is 1. The van der Waals surface area contributed by atoms with E-state index in [4.69, 9.17) is 5.11 Å². The van der Waals surface area contributed by atoms with Crippen molar-refractivity contribution in [2.45, 2.75) is 13.1 Å². The van der Waals surface area contributed by atoms with Gasteiger partial charge in [-0.15, -0.1) is 0 Å². The summed E-state index contributed by atoms with van der Waals surface area (Å²) in [7, 11) is 0. The van der Waals surface area contributed by atoms with E-state index in [0.29, 0.717) is 16.2 Å². The van der Waals surface area contributed by atoms with Crippen LogP contribution in [-0.2, 0) is 17.9 Å². The second-order valence-corrected chi connectivity index (χ2v) is 4.62. The summed E-state index contributed by atoms with van der Waals surface area (Å²) < 4.78 is 1.20. The van der Waals surface area contributed by atoms with Crippen molar-refractivity contribution in [3.05, 3.63) is 66.8 Å². The third-order valence-corrected chi connectivity index (χ3v) is 3.01. The molecule has 0 amide bonds. The summed E-state index contributed by atoms with van der Waals surface area (Å²) in [4.78, 5) is 44.5. The molecule has 10 nitrogen and oxygen atoms in total. The second kappa shape index (κ2) is 6.13. The number of nitrogens with zero attached hydrogens (tertiary/aromatic N) is 3. The van der Waals surface area contributed by atoms with Crippen LogP contribution in [0.4, 0.5) is 5.69 Å². The molecule has 2 N–H and O–H groups in total. The summed E-state index contributed by atoms with van der Waals surface area (Å²) in [6, 6.07) is 6.08. The lowest BCUT2D eigenvalue weighted by atomic mass is 10.2. The molecule has 0 aliphatic rings. The molecule has 2 rings (SSSR count). The van der Waals surface area contributed by atoms with Gasteiger partial charge in [0.2, 0.25) is 5.88 Å². The third kappa shape index (κ3) is 3.43. The van der Waals surface area contributed by atoms with Crippen LogP contribution in [0.1, 0.15) is 5.56 Å². The predicted molar refractivity (Wildman–Crippen MR) is 76.5 cm³/mol. The lowest BCUT2D eigenvalue weighted by molar-refractivity contribution is -0.384. The van der Waals surface area contributed by atoms with E-state index in [1.807, 2.05) is 0 Å². The number of carboxylic acid groups (broad SMARTS) is 1. The summed E-state index contributed by atoms with van der Waals surface area (Å²) in [6.45, 7) is -1.11. The lowest BCUT2D eigenvalue weighted by Gasteiger charge is -2.11. The van der Waals surface area contributed by atoms with Crippen LogP contribution in [0, 0.1) is 10.1 Å². The van der Waals surface area contributed by atoms with Crippen molar-refractivity contribution in [2.24, 2.45) is 0 Å². The van der Waals surface area contributed by atoms with Crippen molar-refractivity contribution in [1.29, 1.82) is 0 Å². The Morgan fingerprint density at radius 1 is 1.22 bits per heavy atom. The number of aromatic nitrogens is 2. The van der Waals surface area contributed by atoms with Gasteiger partial charge in [-0.3, -0.25) is 24.3 Å². The number of non-ortho nitro benzene ring substituents is 1. The number of nitro groups is 1. The predicted octanol–water partition coefficient (Wildman–Crippen LogP) is -0.243. The standard InChI is InChI=1S/C13H11N3O7/c17-10-5-11(18)15(7-12(19)20)13(21)14(10)6-8-2-1-3-9(4-8)16(22)23/h1-5,17H,6-7H2,(H,19,20). The molecular formula is C13H11N3O7. The van der Waals surface area contributed by atoms with Gasteiger partial charge in [-0.25, -0.2) is 9.36 Å². The number of rotatable bonds is 5. The van der Waals surface area contributed by atoms with Crippen molar-refractivity contribution in [3.8, 4) is 5.88 Å². The zero-order chi connectivity index (χ0) is 17.1. The highest BCUT2D eigenvalue weighted by Gasteiger charge is 2.14. The zero-order valence-corrected chi connectivity index (χ0v) is 11.6. The minimum Gasteiger partial charge on any atom is -0.494 e. The molecule has 120 valence electrons. The van der Waals surface area contributed by atoms with Crippen LogP contribution < -0.4 is 11.2 Å². The molecule has 1 aromatic heterocycles. The Kier molecular flexibility index (Phi) is 4.25. The molecule has 0 saturated carbocycles. The maximum atomic E-state index is 12.1. The van der Waals surface area contributed by atoms with E-state index in [-0.39, 0.29) is 12.2 Å². The highest BCUT2D eigenvalue weighted by Crippen LogP contribution is 2.15. The maximum Gasteiger partial charge on any atom is 0.334 e. The fraction of sp³-hybridized carbons (Fsp3) is 0.154. The summed E-state index contributed by atoms with van der Waals surface area (Å²) in [5.74, 6) is -2.05. The first-order valence-corrected chi connectivity index (χ1v) is 6.28. The van der Waals surface area contributed by atoms with Crippen LogP contribution in [0.5, 0.6) is 5.88 Å². The third-order valence-electron chi connectivity index (χ3n) is 3.01. The average molecular weight is 321 g/mol. The van der Waals surface area contributed by atoms with Crippen molar-refractivity contribution >= 4 is 11.7 Å². The van der Waals surface area contributed by atoms with Gasteiger partial charge in [0.1, 0.15) is 6.54 Å². The first-order valence-electron chi connectivity index (χ1n) is 6.28. The van der Waals surface area contributed by atoms with Gasteiger partial charge in [-0.2, -0.15) is 0 Å². The number of carbonyl (C=O) groups is 1. The molecule has 23 heavy (non-hydrogen) atoms. The van der Waals surface area contributed by atoms with Crippen LogP contribution in [0.3, 0.4) is 0 Å². The SMILES string of the molecule is O=C(O)Cn1c(=O)cc(O)n(Cc2cccc([N+](=O)[O-])c2)c1=O. The Labute approximate surface area is 127 Å². The highest BCUT2D eigenvalue weighted by atomic mass is 16.6. The first-order chi connectivity index (χ1) is 10.8. The molecule has 0 bridgehead atoms. The number of aliphatic carboxylic acids is 1. The molecule has 1 heterocycles. The molecule has 0 spiro atoms. The molecule has 0 radical (unpaired) electrons. The molecule has 1 aromatic carbocycles. The van der Waals surface area contributed by atoms with Crippen LogP contribution in [0.2, 0.25) is 0 Å². The number of hydrogen-bond donors (Lipinski definition) is 2. The molecule has 0 atom stereocenters. The lowest BCUT2D eigenvalue weighted by Crippen LogP contribution is -2.41. The van der Waals surface area contributed by atoms with E-state index in [0.717, 1.165) is 4.57 Å². The van der Waals surface area contributed by atoms with E-state index in [1.54, 1.807) is 0 Å². The Bertz CT molecular complexity index is 897. The summed E-state index contributed by atoms with van der Waals surface area (Å²) in [5.41, 5.74) is -1.85. The molecule has 0 aliphatic carbocycles. The topological polar surface area (TPSA) is 145 Å². The maximum absolute atomic E-state index is 12.1. The Hall–Kier alpha value is -3.43. The molecular weight excluding hydrogens is 310 g/mol. The van der Waals surface area contributed by atoms with Gasteiger partial charge in [0.15, 0.2) is 0 Å². The van der Waals surface area contributed by atoms with Gasteiger partial charge in [0, 0.05) is 12.1 Å². The van der Waals surface area contributed by atoms with Gasteiger partial charge < -0.3 is 10.2 Å². The molecule has 0 fully saturated rings. The number of aromatic hydroxyl groups is 1. The molecule has 2 aromatic rings. The van der Waals surface area contributed by atoms with Gasteiger partial charge in [-0.05, 0) is 5.56 Å². The summed E-state index contributed by atoms with van der Waals surface area (Å²) in [6.07, 6.45) is 0. The highest BCUT2D eigenvalue weighted by molar-refractivity contribution is 5.66. The van der Waals surface area contributed by atoms with Crippen molar-refractivity contribution in [3.63, 3.8) is 0 Å². The van der Waals surface area contributed by atoms with E-state index < -0.39 is 34.6 Å². The number of nitro benzene ring substituents is 1. The number of carboxylic acids is 1. The van der Waals surface area contributed by atoms with E-state index in [1.165, 1.54) is 24.3 Å². The van der Waals surface area contributed by atoms with E-state index in [2.05, 4.69) is 0 Å². The Balaban J connectivity index is 2.50. The smallest absolute Gasteiger partial charge is 0.334 e. The number of hydrogen-bond acceptors (Lipinski definition) is 6. The van der Waals surface area contributed by atoms with Crippen LogP contribution in [-0.4, -0.2) is 30.2 Å². The monoisotopic (exact) mass is 321 g/mol. The minimum absolute atomic E-state index is 0.200. The Morgan fingerprint density at radius 2 is 1.91 bits per heavy atom. The molecule has 0 saturated heterocycles. The fourth-order valence-electron chi connectivity index (χ4n) is 1.98. The normalized spacial score (nSPS) is 10.4. The Morgan fingerprint density at radius 3 is 2.52 bits per heavy atom. The fourth-order valence-corrected chi connectivity index (χ4v) is 1.98. The van der Waals surface area contributed by atoms with Gasteiger partial charge >= 0.3 is 11.7 Å². The minimum atomic E-state index is -1.39. The van der Waals surface area contributed by atoms with Crippen molar-refractivity contribution in [2.75, 3.05) is 0 Å². The van der Waals surface area contributed by atoms with Gasteiger partial charge in [0.05, 0.1) is 17.5 Å². The van der Waals surface area contributed by atoms with Crippen molar-refractivity contribution in [1.82, 2.24) is 9.13 Å². The van der Waals surface area contributed by atoms with E-state index in [9.17, 15) is 29.6 Å². The second-order valence-electron chi connectivity index (χ2n) is 4.62. The van der Waals surface area contributed by atoms with Crippen LogP contribution in [0.15, 0.2) is 39.9 Å². The molecule has 0 aliphatic heterocycles. The zero-order valence-electron chi connectivity index (χ0n) is 11.6. The van der Waals surface area contributed by atoms with Crippen LogP contribution in [0.25, 0.3) is 0 Å². The van der Waals surface area contributed by atoms with E-state index >= 15 is 0 Å².